The molecule has 0 unspecified atom stereocenters. The van der Waals surface area contributed by atoms with E-state index in [1.165, 1.54) is 22.4 Å². The van der Waals surface area contributed by atoms with E-state index in [4.69, 9.17) is 0 Å². The van der Waals surface area contributed by atoms with E-state index in [2.05, 4.69) is 5.10 Å². The molecule has 96 valence electrons. The van der Waals surface area contributed by atoms with Crippen LogP contribution in [0.4, 0.5) is 22.0 Å². The number of carbonyl (C=O) groups excluding carboxylic acids is 1. The van der Waals surface area contributed by atoms with Gasteiger partial charge in [-0.3, -0.25) is 9.48 Å². The molecular formula is C8H8F5N3O. The van der Waals surface area contributed by atoms with E-state index >= 15 is 0 Å². The first kappa shape index (κ1) is 13.4. The van der Waals surface area contributed by atoms with Gasteiger partial charge < -0.3 is 5.32 Å². The van der Waals surface area contributed by atoms with Crippen molar-refractivity contribution in [2.24, 2.45) is 0 Å². The SMILES string of the molecule is O=C(NCCn1cccn1)C(F)(F)C(F)(F)F. The van der Waals surface area contributed by atoms with Crippen LogP contribution in [0.15, 0.2) is 18.5 Å². The second-order valence-corrected chi connectivity index (χ2v) is 3.10. The maximum atomic E-state index is 12.4. The first-order valence-electron chi connectivity index (χ1n) is 4.45. The van der Waals surface area contributed by atoms with Crippen molar-refractivity contribution in [1.82, 2.24) is 15.1 Å². The van der Waals surface area contributed by atoms with Gasteiger partial charge in [0.05, 0.1) is 6.54 Å². The van der Waals surface area contributed by atoms with Crippen molar-refractivity contribution >= 4 is 5.91 Å². The lowest BCUT2D eigenvalue weighted by molar-refractivity contribution is -0.269. The van der Waals surface area contributed by atoms with E-state index in [9.17, 15) is 26.7 Å². The lowest BCUT2D eigenvalue weighted by Gasteiger charge is -2.18. The fraction of sp³-hybridized carbons (Fsp3) is 0.500. The van der Waals surface area contributed by atoms with Gasteiger partial charge in [0.2, 0.25) is 0 Å². The van der Waals surface area contributed by atoms with E-state index in [1.807, 2.05) is 0 Å². The Morgan fingerprint density at radius 2 is 1.94 bits per heavy atom. The van der Waals surface area contributed by atoms with Crippen molar-refractivity contribution in [3.05, 3.63) is 18.5 Å². The maximum absolute atomic E-state index is 12.4. The van der Waals surface area contributed by atoms with Gasteiger partial charge in [-0.05, 0) is 6.07 Å². The van der Waals surface area contributed by atoms with Crippen LogP contribution in [0.5, 0.6) is 0 Å². The molecule has 0 atom stereocenters. The van der Waals surface area contributed by atoms with Crippen LogP contribution < -0.4 is 5.32 Å². The summed E-state index contributed by atoms with van der Waals surface area (Å²) in [7, 11) is 0. The summed E-state index contributed by atoms with van der Waals surface area (Å²) >= 11 is 0. The van der Waals surface area contributed by atoms with Gasteiger partial charge in [0.15, 0.2) is 0 Å². The Bertz CT molecular complexity index is 373. The molecule has 4 nitrogen and oxygen atoms in total. The number of halogens is 5. The number of carbonyl (C=O) groups is 1. The number of hydrogen-bond acceptors (Lipinski definition) is 2. The van der Waals surface area contributed by atoms with E-state index in [0.717, 1.165) is 0 Å². The van der Waals surface area contributed by atoms with E-state index in [-0.39, 0.29) is 13.1 Å². The molecule has 0 aliphatic carbocycles. The summed E-state index contributed by atoms with van der Waals surface area (Å²) in [6, 6.07) is 1.55. The summed E-state index contributed by atoms with van der Waals surface area (Å²) in [6.07, 6.45) is -3.00. The molecule has 1 aromatic rings. The molecule has 0 spiro atoms. The summed E-state index contributed by atoms with van der Waals surface area (Å²) in [5.74, 6) is -7.74. The number of nitrogens with zero attached hydrogens (tertiary/aromatic N) is 2. The molecule has 0 aliphatic rings. The maximum Gasteiger partial charge on any atom is 0.463 e. The second kappa shape index (κ2) is 4.68. The fourth-order valence-corrected chi connectivity index (χ4v) is 0.956. The largest absolute Gasteiger partial charge is 0.463 e. The van der Waals surface area contributed by atoms with Crippen LogP contribution in [0.25, 0.3) is 0 Å². The normalized spacial score (nSPS) is 12.5. The molecular weight excluding hydrogens is 249 g/mol. The summed E-state index contributed by atoms with van der Waals surface area (Å²) in [5, 5.41) is 5.18. The second-order valence-electron chi connectivity index (χ2n) is 3.10. The van der Waals surface area contributed by atoms with E-state index < -0.39 is 18.0 Å². The molecule has 0 aliphatic heterocycles. The molecule has 1 heterocycles. The van der Waals surface area contributed by atoms with Gasteiger partial charge in [-0.25, -0.2) is 0 Å². The first-order valence-corrected chi connectivity index (χ1v) is 4.45. The highest BCUT2D eigenvalue weighted by Crippen LogP contribution is 2.35. The number of hydrogen-bond donors (Lipinski definition) is 1. The number of aromatic nitrogens is 2. The Labute approximate surface area is 92.4 Å². The standard InChI is InChI=1S/C8H8F5N3O/c9-7(10,8(11,12)13)6(17)14-3-5-16-4-1-2-15-16/h1-2,4H,3,5H2,(H,14,17). The van der Waals surface area contributed by atoms with Gasteiger partial charge >= 0.3 is 12.1 Å². The minimum absolute atomic E-state index is 0.00662. The molecule has 0 radical (unpaired) electrons. The van der Waals surface area contributed by atoms with E-state index in [1.54, 1.807) is 6.07 Å². The highest BCUT2D eigenvalue weighted by atomic mass is 19.4. The quantitative estimate of drug-likeness (QED) is 0.824. The minimum atomic E-state index is -5.89. The van der Waals surface area contributed by atoms with Crippen LogP contribution in [0, 0.1) is 0 Å². The van der Waals surface area contributed by atoms with Gasteiger partial charge in [0.1, 0.15) is 0 Å². The lowest BCUT2D eigenvalue weighted by Crippen LogP contribution is -2.50. The number of rotatable bonds is 4. The zero-order valence-corrected chi connectivity index (χ0v) is 8.34. The van der Waals surface area contributed by atoms with Crippen LogP contribution in [0.1, 0.15) is 0 Å². The van der Waals surface area contributed by atoms with Crippen LogP contribution in [-0.4, -0.2) is 34.3 Å². The van der Waals surface area contributed by atoms with Crippen LogP contribution in [-0.2, 0) is 11.3 Å². The van der Waals surface area contributed by atoms with Crippen molar-refractivity contribution < 1.29 is 26.7 Å². The van der Waals surface area contributed by atoms with Gasteiger partial charge in [-0.15, -0.1) is 0 Å². The summed E-state index contributed by atoms with van der Waals surface area (Å²) < 4.78 is 61.4. The van der Waals surface area contributed by atoms with Gasteiger partial charge in [0.25, 0.3) is 5.91 Å². The Morgan fingerprint density at radius 3 is 2.41 bits per heavy atom. The van der Waals surface area contributed by atoms with Crippen LogP contribution >= 0.6 is 0 Å². The molecule has 9 heteroatoms. The van der Waals surface area contributed by atoms with E-state index in [0.29, 0.717) is 0 Å². The van der Waals surface area contributed by atoms with Crippen molar-refractivity contribution in [3.63, 3.8) is 0 Å². The predicted octanol–water partition coefficient (Wildman–Crippen LogP) is 1.20. The third kappa shape index (κ3) is 3.14. The summed E-state index contributed by atoms with van der Waals surface area (Å²) in [4.78, 5) is 10.6. The number of amides is 1. The summed E-state index contributed by atoms with van der Waals surface area (Å²) in [6.45, 7) is -0.362. The first-order chi connectivity index (χ1) is 7.75. The molecule has 1 amide bonds. The Hall–Kier alpha value is -1.67. The fourth-order valence-electron chi connectivity index (χ4n) is 0.956. The molecule has 0 aromatic carbocycles. The summed E-state index contributed by atoms with van der Waals surface area (Å²) in [5.41, 5.74) is 0. The molecule has 0 saturated carbocycles. The van der Waals surface area contributed by atoms with Crippen LogP contribution in [0.2, 0.25) is 0 Å². The van der Waals surface area contributed by atoms with Crippen molar-refractivity contribution in [2.45, 2.75) is 18.6 Å². The molecule has 0 bridgehead atoms. The van der Waals surface area contributed by atoms with Crippen molar-refractivity contribution in [3.8, 4) is 0 Å². The van der Waals surface area contributed by atoms with Crippen molar-refractivity contribution in [1.29, 1.82) is 0 Å². The topological polar surface area (TPSA) is 46.9 Å². The number of alkyl halides is 5. The Kier molecular flexibility index (Phi) is 3.69. The third-order valence-corrected chi connectivity index (χ3v) is 1.83. The third-order valence-electron chi connectivity index (χ3n) is 1.83. The molecule has 1 aromatic heterocycles. The molecule has 0 saturated heterocycles. The lowest BCUT2D eigenvalue weighted by atomic mass is 10.3. The predicted molar refractivity (Wildman–Crippen MR) is 46.2 cm³/mol. The monoisotopic (exact) mass is 257 g/mol. The highest BCUT2D eigenvalue weighted by Gasteiger charge is 2.63. The molecule has 1 N–H and O–H groups in total. The van der Waals surface area contributed by atoms with Gasteiger partial charge in [-0.2, -0.15) is 27.1 Å². The Balaban J connectivity index is 2.45. The minimum Gasteiger partial charge on any atom is -0.349 e. The average Bonchev–Trinajstić information content (AvgIpc) is 2.68. The zero-order valence-electron chi connectivity index (χ0n) is 8.34. The van der Waals surface area contributed by atoms with Gasteiger partial charge in [0, 0.05) is 18.9 Å². The zero-order chi connectivity index (χ0) is 13.1. The molecule has 17 heavy (non-hydrogen) atoms. The smallest absolute Gasteiger partial charge is 0.349 e. The van der Waals surface area contributed by atoms with Crippen LogP contribution in [0.3, 0.4) is 0 Å². The molecule has 1 rings (SSSR count). The number of nitrogens with one attached hydrogen (secondary N) is 1. The highest BCUT2D eigenvalue weighted by molar-refractivity contribution is 5.84. The molecule has 0 fully saturated rings. The average molecular weight is 257 g/mol. The van der Waals surface area contributed by atoms with Crippen molar-refractivity contribution in [2.75, 3.05) is 6.54 Å². The van der Waals surface area contributed by atoms with Gasteiger partial charge in [-0.1, -0.05) is 0 Å². The Morgan fingerprint density at radius 1 is 1.29 bits per heavy atom.